The van der Waals surface area contributed by atoms with Gasteiger partial charge in [0.05, 0.1) is 11.5 Å². The van der Waals surface area contributed by atoms with Gasteiger partial charge in [0.25, 0.3) is 11.6 Å². The highest BCUT2D eigenvalue weighted by Gasteiger charge is 2.16. The highest BCUT2D eigenvalue weighted by atomic mass is 79.9. The molecule has 0 saturated heterocycles. The molecule has 1 amide bonds. The quantitative estimate of drug-likeness (QED) is 0.553. The van der Waals surface area contributed by atoms with Gasteiger partial charge in [-0.15, -0.1) is 0 Å². The molecule has 2 rings (SSSR count). The van der Waals surface area contributed by atoms with Crippen LogP contribution in [0, 0.1) is 17.0 Å². The van der Waals surface area contributed by atoms with Gasteiger partial charge in [-0.25, -0.2) is 0 Å². The lowest BCUT2D eigenvalue weighted by Crippen LogP contribution is -2.30. The lowest BCUT2D eigenvalue weighted by atomic mass is 10.1. The van der Waals surface area contributed by atoms with Crippen LogP contribution in [0.3, 0.4) is 0 Å². The summed E-state index contributed by atoms with van der Waals surface area (Å²) in [6, 6.07) is 11.8. The first-order valence-corrected chi connectivity index (χ1v) is 8.06. The van der Waals surface area contributed by atoms with Crippen molar-refractivity contribution in [3.63, 3.8) is 0 Å². The van der Waals surface area contributed by atoms with Crippen LogP contribution in [0.15, 0.2) is 46.9 Å². The first-order chi connectivity index (χ1) is 11.4. The Labute approximate surface area is 148 Å². The minimum absolute atomic E-state index is 0.00720. The molecule has 0 aliphatic heterocycles. The number of carbonyl (C=O) groups is 1. The number of nitro groups is 1. The number of amides is 1. The molecule has 0 unspecified atom stereocenters. The van der Waals surface area contributed by atoms with Crippen LogP contribution in [0.4, 0.5) is 5.69 Å². The van der Waals surface area contributed by atoms with Gasteiger partial charge in [-0.3, -0.25) is 14.9 Å². The molecule has 0 heterocycles. The zero-order chi connectivity index (χ0) is 17.7. The van der Waals surface area contributed by atoms with Crippen LogP contribution in [0.2, 0.25) is 0 Å². The molecule has 0 bridgehead atoms. The maximum Gasteiger partial charge on any atom is 0.272 e. The Bertz CT molecular complexity index is 747. The summed E-state index contributed by atoms with van der Waals surface area (Å²) in [4.78, 5) is 24.3. The molecule has 0 atom stereocenters. The molecule has 24 heavy (non-hydrogen) atoms. The number of hydrogen-bond acceptors (Lipinski definition) is 4. The molecule has 0 aliphatic rings. The molecule has 0 spiro atoms. The Morgan fingerprint density at radius 1 is 1.25 bits per heavy atom. The number of likely N-dealkylation sites (N-methyl/N-ethyl adjacent to an activating group) is 1. The van der Waals surface area contributed by atoms with Crippen LogP contribution in [0.5, 0.6) is 5.75 Å². The minimum Gasteiger partial charge on any atom is -0.492 e. The number of ether oxygens (including phenoxy) is 1. The second-order valence-electron chi connectivity index (χ2n) is 5.29. The largest absolute Gasteiger partial charge is 0.492 e. The molecular weight excluding hydrogens is 376 g/mol. The van der Waals surface area contributed by atoms with Crippen LogP contribution < -0.4 is 4.74 Å². The number of halogens is 1. The number of rotatable bonds is 6. The Morgan fingerprint density at radius 2 is 1.92 bits per heavy atom. The summed E-state index contributed by atoms with van der Waals surface area (Å²) in [5.41, 5.74) is 0.891. The standard InChI is InChI=1S/C17H17BrN2O4/c1-12-11-13(3-8-16(12)20(22)23)17(21)19(2)9-10-24-15-6-4-14(18)5-7-15/h3-8,11H,9-10H2,1-2H3. The topological polar surface area (TPSA) is 72.7 Å². The van der Waals surface area contributed by atoms with Gasteiger partial charge in [0.1, 0.15) is 12.4 Å². The van der Waals surface area contributed by atoms with Crippen LogP contribution in [0.1, 0.15) is 15.9 Å². The predicted molar refractivity (Wildman–Crippen MR) is 94.4 cm³/mol. The van der Waals surface area contributed by atoms with E-state index in [1.807, 2.05) is 24.3 Å². The summed E-state index contributed by atoms with van der Waals surface area (Å²) in [6.07, 6.45) is 0. The van der Waals surface area contributed by atoms with E-state index in [1.54, 1.807) is 14.0 Å². The van der Waals surface area contributed by atoms with E-state index in [0.717, 1.165) is 10.2 Å². The average molecular weight is 393 g/mol. The second-order valence-corrected chi connectivity index (χ2v) is 6.20. The lowest BCUT2D eigenvalue weighted by molar-refractivity contribution is -0.385. The summed E-state index contributed by atoms with van der Waals surface area (Å²) < 4.78 is 6.56. The highest BCUT2D eigenvalue weighted by molar-refractivity contribution is 9.10. The average Bonchev–Trinajstić information content (AvgIpc) is 2.55. The van der Waals surface area contributed by atoms with Gasteiger partial charge in [0, 0.05) is 28.7 Å². The van der Waals surface area contributed by atoms with E-state index in [4.69, 9.17) is 4.74 Å². The number of aryl methyl sites for hydroxylation is 1. The van der Waals surface area contributed by atoms with Crippen LogP contribution >= 0.6 is 15.9 Å². The van der Waals surface area contributed by atoms with E-state index in [-0.39, 0.29) is 11.6 Å². The number of nitrogens with zero attached hydrogens (tertiary/aromatic N) is 2. The van der Waals surface area contributed by atoms with Crippen LogP contribution in [0.25, 0.3) is 0 Å². The van der Waals surface area contributed by atoms with Crippen LogP contribution in [-0.4, -0.2) is 35.9 Å². The Balaban J connectivity index is 1.93. The fourth-order valence-corrected chi connectivity index (χ4v) is 2.41. The number of carbonyl (C=O) groups excluding carboxylic acids is 1. The van der Waals surface area contributed by atoms with Gasteiger partial charge in [-0.1, -0.05) is 15.9 Å². The molecule has 2 aromatic rings. The van der Waals surface area contributed by atoms with Gasteiger partial charge in [0.2, 0.25) is 0 Å². The van der Waals surface area contributed by atoms with E-state index in [0.29, 0.717) is 24.3 Å². The summed E-state index contributed by atoms with van der Waals surface area (Å²) in [5, 5.41) is 10.8. The maximum atomic E-state index is 12.4. The Hall–Kier alpha value is -2.41. The zero-order valence-corrected chi connectivity index (χ0v) is 14.9. The van der Waals surface area contributed by atoms with Gasteiger partial charge in [-0.2, -0.15) is 0 Å². The normalized spacial score (nSPS) is 10.3. The Kier molecular flexibility index (Phi) is 5.92. The number of hydrogen-bond donors (Lipinski definition) is 0. The van der Waals surface area contributed by atoms with Crippen molar-refractivity contribution in [2.24, 2.45) is 0 Å². The first kappa shape index (κ1) is 17.9. The molecule has 0 radical (unpaired) electrons. The molecule has 2 aromatic carbocycles. The second kappa shape index (κ2) is 7.92. The van der Waals surface area contributed by atoms with Crippen molar-refractivity contribution in [2.75, 3.05) is 20.2 Å². The fraction of sp³-hybridized carbons (Fsp3) is 0.235. The summed E-state index contributed by atoms with van der Waals surface area (Å²) in [7, 11) is 1.67. The summed E-state index contributed by atoms with van der Waals surface area (Å²) in [6.45, 7) is 2.38. The molecule has 126 valence electrons. The fourth-order valence-electron chi connectivity index (χ4n) is 2.15. The minimum atomic E-state index is -0.459. The van der Waals surface area contributed by atoms with Crippen molar-refractivity contribution in [1.29, 1.82) is 0 Å². The summed E-state index contributed by atoms with van der Waals surface area (Å²) in [5.74, 6) is 0.526. The third kappa shape index (κ3) is 4.55. The van der Waals surface area contributed by atoms with Crippen LogP contribution in [-0.2, 0) is 0 Å². The maximum absolute atomic E-state index is 12.4. The number of benzene rings is 2. The van der Waals surface area contributed by atoms with E-state index in [9.17, 15) is 14.9 Å². The zero-order valence-electron chi connectivity index (χ0n) is 13.4. The monoisotopic (exact) mass is 392 g/mol. The van der Waals surface area contributed by atoms with Crippen molar-refractivity contribution < 1.29 is 14.5 Å². The molecule has 0 saturated carbocycles. The Morgan fingerprint density at radius 3 is 2.50 bits per heavy atom. The first-order valence-electron chi connectivity index (χ1n) is 7.27. The van der Waals surface area contributed by atoms with Crippen molar-refractivity contribution in [1.82, 2.24) is 4.90 Å². The third-order valence-electron chi connectivity index (χ3n) is 3.50. The SMILES string of the molecule is Cc1cc(C(=O)N(C)CCOc2ccc(Br)cc2)ccc1[N+](=O)[O-]. The molecule has 0 aromatic heterocycles. The molecule has 0 N–H and O–H groups in total. The van der Waals surface area contributed by atoms with Gasteiger partial charge >= 0.3 is 0 Å². The van der Waals surface area contributed by atoms with Gasteiger partial charge < -0.3 is 9.64 Å². The van der Waals surface area contributed by atoms with Crippen molar-refractivity contribution in [2.45, 2.75) is 6.92 Å². The van der Waals surface area contributed by atoms with Gasteiger partial charge in [0.15, 0.2) is 0 Å². The lowest BCUT2D eigenvalue weighted by Gasteiger charge is -2.18. The molecule has 7 heteroatoms. The molecular formula is C17H17BrN2O4. The smallest absolute Gasteiger partial charge is 0.272 e. The van der Waals surface area contributed by atoms with Crippen molar-refractivity contribution in [3.8, 4) is 5.75 Å². The molecule has 0 fully saturated rings. The predicted octanol–water partition coefficient (Wildman–Crippen LogP) is 3.82. The van der Waals surface area contributed by atoms with E-state index >= 15 is 0 Å². The third-order valence-corrected chi connectivity index (χ3v) is 4.02. The van der Waals surface area contributed by atoms with Gasteiger partial charge in [-0.05, 0) is 43.3 Å². The molecule has 6 nitrogen and oxygen atoms in total. The van der Waals surface area contributed by atoms with Crippen molar-refractivity contribution in [3.05, 3.63) is 68.2 Å². The summed E-state index contributed by atoms with van der Waals surface area (Å²) >= 11 is 3.35. The van der Waals surface area contributed by atoms with E-state index < -0.39 is 4.92 Å². The van der Waals surface area contributed by atoms with E-state index in [1.165, 1.54) is 23.1 Å². The highest BCUT2D eigenvalue weighted by Crippen LogP contribution is 2.20. The molecule has 0 aliphatic carbocycles. The van der Waals surface area contributed by atoms with E-state index in [2.05, 4.69) is 15.9 Å². The number of nitro benzene ring substituents is 1. The van der Waals surface area contributed by atoms with Crippen molar-refractivity contribution >= 4 is 27.5 Å².